The van der Waals surface area contributed by atoms with Gasteiger partial charge in [-0.15, -0.1) is 0 Å². The topological polar surface area (TPSA) is 105 Å². The van der Waals surface area contributed by atoms with Crippen LogP contribution in [-0.4, -0.2) is 56.0 Å². The first-order chi connectivity index (χ1) is 28.4. The third-order valence-corrected chi connectivity index (χ3v) is 11.1. The molecule has 2 aromatic rings. The van der Waals surface area contributed by atoms with Crippen molar-refractivity contribution in [2.75, 3.05) is 26.4 Å². The highest BCUT2D eigenvalue weighted by atomic mass is 16.5. The normalized spacial score (nSPS) is 15.0. The van der Waals surface area contributed by atoms with E-state index < -0.39 is 0 Å². The van der Waals surface area contributed by atoms with Gasteiger partial charge in [-0.05, 0) is 86.8 Å². The monoisotopic (exact) mass is 801 g/mol. The lowest BCUT2D eigenvalue weighted by molar-refractivity contribution is -0.138. The summed E-state index contributed by atoms with van der Waals surface area (Å²) in [4.78, 5) is 48.2. The van der Waals surface area contributed by atoms with E-state index >= 15 is 0 Å². The number of unbranched alkanes of at least 4 members (excludes halogenated alkanes) is 16. The maximum atomic E-state index is 13.1. The van der Waals surface area contributed by atoms with Crippen LogP contribution in [0.15, 0.2) is 73.8 Å². The molecule has 8 heteroatoms. The number of rotatable bonds is 34. The summed E-state index contributed by atoms with van der Waals surface area (Å²) in [6, 6.07) is 15.4. The number of benzene rings is 2. The molecule has 0 radical (unpaired) electrons. The number of carbonyl (C=O) groups excluding carboxylic acids is 4. The molecule has 1 aliphatic rings. The molecule has 1 aliphatic carbocycles. The molecule has 1 saturated carbocycles. The second-order valence-corrected chi connectivity index (χ2v) is 15.9. The number of ether oxygens (including phenoxy) is 4. The van der Waals surface area contributed by atoms with E-state index in [1.807, 2.05) is 48.5 Å². The van der Waals surface area contributed by atoms with Crippen LogP contribution in [0.4, 0.5) is 0 Å². The standard InChI is InChI=1S/C50H72O8/c1-3-49(53)57-37-21-17-13-9-5-7-11-15-19-35-55-45-31-27-43(28-32-45)47(51)39-41-23-25-42(26-24-41)40-48(52)44-29-33-46(34-30-44)56-36-20-16-12-8-6-10-14-18-22-38-58-50(54)4-2/h3-4,23-28,31-32,44,46H,1-2,5-22,29-30,33-40H2. The van der Waals surface area contributed by atoms with Crippen LogP contribution >= 0.6 is 0 Å². The summed E-state index contributed by atoms with van der Waals surface area (Å²) in [5, 5.41) is 0. The molecule has 8 nitrogen and oxygen atoms in total. The molecule has 2 aromatic carbocycles. The van der Waals surface area contributed by atoms with Gasteiger partial charge in [0.05, 0.1) is 25.9 Å². The third kappa shape index (κ3) is 22.2. The average molecular weight is 801 g/mol. The van der Waals surface area contributed by atoms with Gasteiger partial charge in [0.1, 0.15) is 11.5 Å². The fourth-order valence-electron chi connectivity index (χ4n) is 7.48. The Morgan fingerprint density at radius 3 is 1.38 bits per heavy atom. The van der Waals surface area contributed by atoms with Gasteiger partial charge in [-0.1, -0.05) is 127 Å². The van der Waals surface area contributed by atoms with Gasteiger partial charge in [0.2, 0.25) is 0 Å². The Morgan fingerprint density at radius 1 is 0.500 bits per heavy atom. The van der Waals surface area contributed by atoms with Gasteiger partial charge in [-0.25, -0.2) is 9.59 Å². The van der Waals surface area contributed by atoms with Crippen molar-refractivity contribution < 1.29 is 38.1 Å². The summed E-state index contributed by atoms with van der Waals surface area (Å²) in [5.41, 5.74) is 2.62. The first kappa shape index (κ1) is 48.3. The molecule has 1 fully saturated rings. The molecule has 0 heterocycles. The van der Waals surface area contributed by atoms with E-state index in [1.165, 1.54) is 82.8 Å². The average Bonchev–Trinajstić information content (AvgIpc) is 3.24. The number of ketones is 2. The van der Waals surface area contributed by atoms with Gasteiger partial charge < -0.3 is 18.9 Å². The first-order valence-electron chi connectivity index (χ1n) is 22.4. The van der Waals surface area contributed by atoms with Crippen molar-refractivity contribution in [3.8, 4) is 5.75 Å². The van der Waals surface area contributed by atoms with E-state index in [0.29, 0.717) is 44.0 Å². The van der Waals surface area contributed by atoms with Crippen molar-refractivity contribution in [1.29, 1.82) is 0 Å². The molecule has 0 unspecified atom stereocenters. The van der Waals surface area contributed by atoms with Crippen LogP contribution in [0.1, 0.15) is 163 Å². The van der Waals surface area contributed by atoms with Gasteiger partial charge in [0.15, 0.2) is 5.78 Å². The summed E-state index contributed by atoms with van der Waals surface area (Å²) in [5.74, 6) is 0.592. The van der Waals surface area contributed by atoms with Crippen molar-refractivity contribution in [3.63, 3.8) is 0 Å². The highest BCUT2D eigenvalue weighted by molar-refractivity contribution is 5.97. The van der Waals surface area contributed by atoms with E-state index in [-0.39, 0.29) is 29.7 Å². The number of carbonyl (C=O) groups is 4. The molecule has 58 heavy (non-hydrogen) atoms. The Morgan fingerprint density at radius 2 is 0.914 bits per heavy atom. The molecule has 0 N–H and O–H groups in total. The van der Waals surface area contributed by atoms with Crippen LogP contribution in [0.25, 0.3) is 0 Å². The van der Waals surface area contributed by atoms with Crippen LogP contribution in [0.5, 0.6) is 5.75 Å². The summed E-state index contributed by atoms with van der Waals surface area (Å²) in [7, 11) is 0. The van der Waals surface area contributed by atoms with Gasteiger partial charge in [0, 0.05) is 43.1 Å². The van der Waals surface area contributed by atoms with E-state index in [2.05, 4.69) is 13.2 Å². The number of esters is 2. The lowest BCUT2D eigenvalue weighted by Gasteiger charge is -2.28. The van der Waals surface area contributed by atoms with Crippen molar-refractivity contribution in [2.45, 2.75) is 160 Å². The highest BCUT2D eigenvalue weighted by Crippen LogP contribution is 2.28. The molecular formula is C50H72O8. The SMILES string of the molecule is C=CC(=O)OCCCCCCCCCCCOc1ccc(C(=O)Cc2ccc(CC(=O)C3CCC(OCCCCCCCCCCCOC(=O)C=C)CC3)cc2)cc1. The largest absolute Gasteiger partial charge is 0.494 e. The highest BCUT2D eigenvalue weighted by Gasteiger charge is 2.26. The Kier molecular flexibility index (Phi) is 25.8. The molecule has 0 aliphatic heterocycles. The van der Waals surface area contributed by atoms with Crippen LogP contribution in [-0.2, 0) is 41.4 Å². The zero-order valence-electron chi connectivity index (χ0n) is 35.4. The molecule has 0 spiro atoms. The lowest BCUT2D eigenvalue weighted by atomic mass is 9.83. The molecule has 0 amide bonds. The van der Waals surface area contributed by atoms with E-state index in [0.717, 1.165) is 94.1 Å². The van der Waals surface area contributed by atoms with Crippen LogP contribution in [0.3, 0.4) is 0 Å². The number of hydrogen-bond donors (Lipinski definition) is 0. The summed E-state index contributed by atoms with van der Waals surface area (Å²) >= 11 is 0. The maximum absolute atomic E-state index is 13.1. The summed E-state index contributed by atoms with van der Waals surface area (Å²) in [6.45, 7) is 9.26. The van der Waals surface area contributed by atoms with Crippen LogP contribution < -0.4 is 4.74 Å². The number of hydrogen-bond acceptors (Lipinski definition) is 8. The molecule has 0 saturated heterocycles. The molecule has 3 rings (SSSR count). The van der Waals surface area contributed by atoms with Gasteiger partial charge in [0.25, 0.3) is 0 Å². The van der Waals surface area contributed by atoms with Gasteiger partial charge in [-0.3, -0.25) is 9.59 Å². The van der Waals surface area contributed by atoms with E-state index in [1.54, 1.807) is 0 Å². The molecule has 320 valence electrons. The van der Waals surface area contributed by atoms with Crippen LogP contribution in [0, 0.1) is 5.92 Å². The second kappa shape index (κ2) is 31.0. The smallest absolute Gasteiger partial charge is 0.330 e. The fourth-order valence-corrected chi connectivity index (χ4v) is 7.48. The summed E-state index contributed by atoms with van der Waals surface area (Å²) in [6.07, 6.45) is 27.9. The third-order valence-electron chi connectivity index (χ3n) is 11.1. The quantitative estimate of drug-likeness (QED) is 0.0298. The minimum atomic E-state index is -0.343. The van der Waals surface area contributed by atoms with Crippen LogP contribution in [0.2, 0.25) is 0 Å². The first-order valence-corrected chi connectivity index (χ1v) is 22.4. The molecular weight excluding hydrogens is 729 g/mol. The van der Waals surface area contributed by atoms with Crippen molar-refractivity contribution in [1.82, 2.24) is 0 Å². The predicted molar refractivity (Wildman–Crippen MR) is 232 cm³/mol. The van der Waals surface area contributed by atoms with Crippen molar-refractivity contribution in [2.24, 2.45) is 5.92 Å². The van der Waals surface area contributed by atoms with Crippen molar-refractivity contribution >= 4 is 23.5 Å². The van der Waals surface area contributed by atoms with E-state index in [4.69, 9.17) is 18.9 Å². The second-order valence-electron chi connectivity index (χ2n) is 15.9. The Hall–Kier alpha value is -4.04. The Balaban J connectivity index is 1.17. The predicted octanol–water partition coefficient (Wildman–Crippen LogP) is 11.7. The fraction of sp³-hybridized carbons (Fsp3) is 0.600. The van der Waals surface area contributed by atoms with Gasteiger partial charge >= 0.3 is 11.9 Å². The van der Waals surface area contributed by atoms with Gasteiger partial charge in [-0.2, -0.15) is 0 Å². The zero-order chi connectivity index (χ0) is 41.5. The Bertz CT molecular complexity index is 1460. The zero-order valence-corrected chi connectivity index (χ0v) is 35.4. The molecule has 0 bridgehead atoms. The minimum absolute atomic E-state index is 0.0656. The maximum Gasteiger partial charge on any atom is 0.330 e. The Labute approximate surface area is 349 Å². The number of Topliss-reactive ketones (excluding diaryl/α,β-unsaturated/α-hetero) is 2. The minimum Gasteiger partial charge on any atom is -0.494 e. The molecule has 0 aromatic heterocycles. The lowest BCUT2D eigenvalue weighted by Crippen LogP contribution is -2.27. The molecule has 0 atom stereocenters. The van der Waals surface area contributed by atoms with E-state index in [9.17, 15) is 19.2 Å². The summed E-state index contributed by atoms with van der Waals surface area (Å²) < 4.78 is 22.1. The van der Waals surface area contributed by atoms with Crippen molar-refractivity contribution in [3.05, 3.63) is 90.5 Å².